The maximum Gasteiger partial charge on any atom is 0.0323 e. The summed E-state index contributed by atoms with van der Waals surface area (Å²) in [5.41, 5.74) is 3.22. The molecule has 2 aliphatic rings. The molecule has 1 aromatic rings. The predicted molar refractivity (Wildman–Crippen MR) is 86.0 cm³/mol. The van der Waals surface area contributed by atoms with Gasteiger partial charge in [-0.25, -0.2) is 0 Å². The summed E-state index contributed by atoms with van der Waals surface area (Å²) in [5, 5.41) is 3.61. The van der Waals surface area contributed by atoms with E-state index >= 15 is 0 Å². The lowest BCUT2D eigenvalue weighted by Gasteiger charge is -2.32. The predicted octanol–water partition coefficient (Wildman–Crippen LogP) is 5.19. The van der Waals surface area contributed by atoms with Crippen molar-refractivity contribution >= 4 is 0 Å². The molecule has 1 aromatic carbocycles. The third-order valence-corrected chi connectivity index (χ3v) is 5.56. The van der Waals surface area contributed by atoms with Crippen molar-refractivity contribution in [3.8, 4) is 0 Å². The van der Waals surface area contributed by atoms with Crippen molar-refractivity contribution < 1.29 is 0 Å². The minimum atomic E-state index is 0.565. The first-order valence-electron chi connectivity index (χ1n) is 8.64. The number of benzene rings is 1. The van der Waals surface area contributed by atoms with Crippen molar-refractivity contribution in [3.63, 3.8) is 0 Å². The van der Waals surface area contributed by atoms with Gasteiger partial charge in [-0.1, -0.05) is 62.8 Å². The Morgan fingerprint density at radius 3 is 2.40 bits per heavy atom. The zero-order chi connectivity index (χ0) is 13.8. The highest BCUT2D eigenvalue weighted by molar-refractivity contribution is 5.34. The first-order valence-corrected chi connectivity index (χ1v) is 8.64. The van der Waals surface area contributed by atoms with E-state index in [1.54, 1.807) is 11.1 Å². The molecule has 0 spiro atoms. The molecule has 0 aliphatic heterocycles. The molecule has 20 heavy (non-hydrogen) atoms. The Hall–Kier alpha value is -0.820. The fourth-order valence-corrected chi connectivity index (χ4v) is 4.08. The van der Waals surface area contributed by atoms with E-state index in [1.807, 2.05) is 0 Å². The van der Waals surface area contributed by atoms with Crippen LogP contribution in [0, 0.1) is 5.92 Å². The molecule has 2 saturated carbocycles. The van der Waals surface area contributed by atoms with Gasteiger partial charge in [0, 0.05) is 6.04 Å². The highest BCUT2D eigenvalue weighted by Gasteiger charge is 2.26. The number of rotatable bonds is 5. The molecule has 0 bridgehead atoms. The normalized spacial score (nSPS) is 22.4. The summed E-state index contributed by atoms with van der Waals surface area (Å²) in [7, 11) is 2.14. The Kier molecular flexibility index (Phi) is 4.77. The van der Waals surface area contributed by atoms with E-state index in [-0.39, 0.29) is 0 Å². The summed E-state index contributed by atoms with van der Waals surface area (Å²) in [4.78, 5) is 0. The summed E-state index contributed by atoms with van der Waals surface area (Å²) in [5.74, 6) is 1.78. The summed E-state index contributed by atoms with van der Waals surface area (Å²) < 4.78 is 0. The van der Waals surface area contributed by atoms with Gasteiger partial charge in [-0.05, 0) is 49.3 Å². The molecule has 0 saturated heterocycles. The third kappa shape index (κ3) is 3.09. The largest absolute Gasteiger partial charge is 0.313 e. The van der Waals surface area contributed by atoms with E-state index in [9.17, 15) is 0 Å². The first-order chi connectivity index (χ1) is 9.88. The second-order valence-electron chi connectivity index (χ2n) is 6.84. The van der Waals surface area contributed by atoms with Crippen LogP contribution in [0.15, 0.2) is 24.3 Å². The van der Waals surface area contributed by atoms with Gasteiger partial charge in [0.25, 0.3) is 0 Å². The molecular formula is C19H29N. The monoisotopic (exact) mass is 271 g/mol. The van der Waals surface area contributed by atoms with Gasteiger partial charge >= 0.3 is 0 Å². The minimum absolute atomic E-state index is 0.565. The highest BCUT2D eigenvalue weighted by Crippen LogP contribution is 2.41. The third-order valence-electron chi connectivity index (χ3n) is 5.56. The first kappa shape index (κ1) is 14.1. The summed E-state index contributed by atoms with van der Waals surface area (Å²) in [6.45, 7) is 0. The van der Waals surface area contributed by atoms with Gasteiger partial charge in [-0.15, -0.1) is 0 Å². The molecule has 1 atom stereocenters. The molecular weight excluding hydrogens is 242 g/mol. The Bertz CT molecular complexity index is 416. The lowest BCUT2D eigenvalue weighted by atomic mass is 9.75. The van der Waals surface area contributed by atoms with Crippen molar-refractivity contribution in [2.75, 3.05) is 7.05 Å². The van der Waals surface area contributed by atoms with E-state index in [0.717, 1.165) is 11.8 Å². The van der Waals surface area contributed by atoms with Gasteiger partial charge in [0.2, 0.25) is 0 Å². The minimum Gasteiger partial charge on any atom is -0.313 e. The Balaban J connectivity index is 1.74. The molecule has 1 N–H and O–H groups in total. The van der Waals surface area contributed by atoms with Crippen LogP contribution < -0.4 is 5.32 Å². The Labute approximate surface area is 124 Å². The Morgan fingerprint density at radius 2 is 1.75 bits per heavy atom. The summed E-state index contributed by atoms with van der Waals surface area (Å²) >= 11 is 0. The van der Waals surface area contributed by atoms with E-state index in [2.05, 4.69) is 36.6 Å². The van der Waals surface area contributed by atoms with Crippen molar-refractivity contribution in [3.05, 3.63) is 35.4 Å². The number of hydrogen-bond acceptors (Lipinski definition) is 1. The zero-order valence-electron chi connectivity index (χ0n) is 12.9. The maximum absolute atomic E-state index is 3.61. The van der Waals surface area contributed by atoms with Crippen molar-refractivity contribution in [2.24, 2.45) is 5.92 Å². The van der Waals surface area contributed by atoms with Crippen LogP contribution >= 0.6 is 0 Å². The maximum atomic E-state index is 3.61. The SMILES string of the molecule is CNC(CC1CCCCC1)c1ccccc1C1CCC1. The van der Waals surface area contributed by atoms with E-state index < -0.39 is 0 Å². The fourth-order valence-electron chi connectivity index (χ4n) is 4.08. The summed E-state index contributed by atoms with van der Waals surface area (Å²) in [6, 6.07) is 9.77. The average molecular weight is 271 g/mol. The van der Waals surface area contributed by atoms with E-state index in [4.69, 9.17) is 0 Å². The molecule has 1 unspecified atom stereocenters. The molecule has 0 heterocycles. The van der Waals surface area contributed by atoms with Gasteiger partial charge < -0.3 is 5.32 Å². The highest BCUT2D eigenvalue weighted by atomic mass is 14.9. The lowest BCUT2D eigenvalue weighted by molar-refractivity contribution is 0.303. The van der Waals surface area contributed by atoms with Gasteiger partial charge in [-0.3, -0.25) is 0 Å². The van der Waals surface area contributed by atoms with Gasteiger partial charge in [0.05, 0.1) is 0 Å². The van der Waals surface area contributed by atoms with Crippen LogP contribution in [0.5, 0.6) is 0 Å². The quantitative estimate of drug-likeness (QED) is 0.777. The molecule has 3 rings (SSSR count). The van der Waals surface area contributed by atoms with Gasteiger partial charge in [-0.2, -0.15) is 0 Å². The average Bonchev–Trinajstić information content (AvgIpc) is 2.45. The lowest BCUT2D eigenvalue weighted by Crippen LogP contribution is -2.24. The molecule has 1 nitrogen and oxygen atoms in total. The molecule has 1 heteroatoms. The molecule has 2 fully saturated rings. The molecule has 2 aliphatic carbocycles. The second-order valence-corrected chi connectivity index (χ2v) is 6.84. The molecule has 0 amide bonds. The number of hydrogen-bond donors (Lipinski definition) is 1. The van der Waals surface area contributed by atoms with Crippen LogP contribution in [-0.4, -0.2) is 7.05 Å². The Morgan fingerprint density at radius 1 is 1.00 bits per heavy atom. The second kappa shape index (κ2) is 6.76. The van der Waals surface area contributed by atoms with Crippen LogP contribution in [0.3, 0.4) is 0 Å². The van der Waals surface area contributed by atoms with E-state index in [0.29, 0.717) is 6.04 Å². The van der Waals surface area contributed by atoms with Crippen LogP contribution in [-0.2, 0) is 0 Å². The molecule has 0 aromatic heterocycles. The summed E-state index contributed by atoms with van der Waals surface area (Å²) in [6.07, 6.45) is 12.8. The van der Waals surface area contributed by atoms with E-state index in [1.165, 1.54) is 57.8 Å². The van der Waals surface area contributed by atoms with Crippen LogP contribution in [0.1, 0.15) is 80.9 Å². The topological polar surface area (TPSA) is 12.0 Å². The zero-order valence-corrected chi connectivity index (χ0v) is 12.9. The van der Waals surface area contributed by atoms with Crippen molar-refractivity contribution in [1.29, 1.82) is 0 Å². The van der Waals surface area contributed by atoms with Crippen LogP contribution in [0.2, 0.25) is 0 Å². The molecule has 0 radical (unpaired) electrons. The van der Waals surface area contributed by atoms with Crippen molar-refractivity contribution in [1.82, 2.24) is 5.32 Å². The standard InChI is InChI=1S/C19H29N/c1-20-19(14-15-8-3-2-4-9-15)18-13-6-5-12-17(18)16-10-7-11-16/h5-6,12-13,15-16,19-20H,2-4,7-11,14H2,1H3. The van der Waals surface area contributed by atoms with Crippen LogP contribution in [0.25, 0.3) is 0 Å². The number of nitrogens with one attached hydrogen (secondary N) is 1. The van der Waals surface area contributed by atoms with Crippen molar-refractivity contribution in [2.45, 2.75) is 69.7 Å². The fraction of sp³-hybridized carbons (Fsp3) is 0.684. The smallest absolute Gasteiger partial charge is 0.0323 e. The van der Waals surface area contributed by atoms with Gasteiger partial charge in [0.1, 0.15) is 0 Å². The molecule has 110 valence electrons. The van der Waals surface area contributed by atoms with Crippen LogP contribution in [0.4, 0.5) is 0 Å². The van der Waals surface area contributed by atoms with Gasteiger partial charge in [0.15, 0.2) is 0 Å².